The summed E-state index contributed by atoms with van der Waals surface area (Å²) in [6.07, 6.45) is 7.64. The first-order valence-electron chi connectivity index (χ1n) is 7.68. The normalized spacial score (nSPS) is 17.6. The molecule has 0 saturated heterocycles. The van der Waals surface area contributed by atoms with Crippen molar-refractivity contribution in [3.05, 3.63) is 30.3 Å². The zero-order valence-corrected chi connectivity index (χ0v) is 13.9. The first-order valence-corrected chi connectivity index (χ1v) is 9.52. The van der Waals surface area contributed by atoms with Crippen molar-refractivity contribution in [1.29, 1.82) is 0 Å². The minimum atomic E-state index is 0.0157. The molecule has 20 heavy (non-hydrogen) atoms. The summed E-state index contributed by atoms with van der Waals surface area (Å²) < 4.78 is 6.59. The molecule has 1 fully saturated rings. The molecular formula is C17H24O2Se. The first-order chi connectivity index (χ1) is 9.79. The van der Waals surface area contributed by atoms with Crippen molar-refractivity contribution in [2.75, 3.05) is 6.61 Å². The molecule has 110 valence electrons. The molecule has 0 heterocycles. The van der Waals surface area contributed by atoms with Gasteiger partial charge in [-0.2, -0.15) is 0 Å². The Kier molecular flexibility index (Phi) is 6.62. The third kappa shape index (κ3) is 4.95. The molecule has 0 aliphatic heterocycles. The summed E-state index contributed by atoms with van der Waals surface area (Å²) in [7, 11) is 0. The first kappa shape index (κ1) is 15.6. The van der Waals surface area contributed by atoms with Crippen molar-refractivity contribution < 1.29 is 9.53 Å². The second kappa shape index (κ2) is 8.49. The average Bonchev–Trinajstić information content (AvgIpc) is 2.49. The number of rotatable bonds is 6. The van der Waals surface area contributed by atoms with E-state index in [2.05, 4.69) is 24.3 Å². The molecule has 0 aromatic heterocycles. The third-order valence-electron chi connectivity index (χ3n) is 3.84. The van der Waals surface area contributed by atoms with Crippen LogP contribution in [0.1, 0.15) is 45.4 Å². The van der Waals surface area contributed by atoms with E-state index in [0.717, 1.165) is 12.3 Å². The molecule has 0 radical (unpaired) electrons. The fraction of sp³-hybridized carbons (Fsp3) is 0.588. The predicted octanol–water partition coefficient (Wildman–Crippen LogP) is 3.34. The number of benzene rings is 1. The number of hydrogen-bond donors (Lipinski definition) is 0. The number of ether oxygens (including phenoxy) is 1. The molecule has 0 spiro atoms. The van der Waals surface area contributed by atoms with Gasteiger partial charge in [0.25, 0.3) is 0 Å². The Balaban J connectivity index is 1.98. The summed E-state index contributed by atoms with van der Waals surface area (Å²) >= 11 is 0.185. The van der Waals surface area contributed by atoms with Crippen LogP contribution in [0.3, 0.4) is 0 Å². The van der Waals surface area contributed by atoms with Crippen LogP contribution < -0.4 is 4.46 Å². The van der Waals surface area contributed by atoms with Gasteiger partial charge in [-0.25, -0.2) is 0 Å². The molecule has 2 rings (SSSR count). The summed E-state index contributed by atoms with van der Waals surface area (Å²) in [6, 6.07) is 10.4. The van der Waals surface area contributed by atoms with Crippen molar-refractivity contribution >= 4 is 25.4 Å². The maximum absolute atomic E-state index is 12.2. The van der Waals surface area contributed by atoms with Gasteiger partial charge < -0.3 is 0 Å². The monoisotopic (exact) mass is 340 g/mol. The van der Waals surface area contributed by atoms with E-state index in [0.29, 0.717) is 6.61 Å². The number of carbonyl (C=O) groups excluding carboxylic acids is 1. The van der Waals surface area contributed by atoms with Crippen LogP contribution in [0.5, 0.6) is 0 Å². The predicted molar refractivity (Wildman–Crippen MR) is 83.4 cm³/mol. The molecule has 3 heteroatoms. The van der Waals surface area contributed by atoms with E-state index in [1.54, 1.807) is 0 Å². The van der Waals surface area contributed by atoms with Gasteiger partial charge in [-0.1, -0.05) is 0 Å². The average molecular weight is 339 g/mol. The van der Waals surface area contributed by atoms with Crippen molar-refractivity contribution in [2.24, 2.45) is 5.92 Å². The van der Waals surface area contributed by atoms with Gasteiger partial charge in [-0.15, -0.1) is 0 Å². The quantitative estimate of drug-likeness (QED) is 0.587. The van der Waals surface area contributed by atoms with Crippen LogP contribution in [0.25, 0.3) is 0 Å². The summed E-state index contributed by atoms with van der Waals surface area (Å²) in [5.74, 6) is 0.741. The van der Waals surface area contributed by atoms with Crippen LogP contribution in [0.4, 0.5) is 0 Å². The van der Waals surface area contributed by atoms with Crippen molar-refractivity contribution in [1.82, 2.24) is 0 Å². The number of hydrogen-bond acceptors (Lipinski definition) is 2. The van der Waals surface area contributed by atoms with Crippen LogP contribution in [-0.2, 0) is 9.53 Å². The zero-order valence-electron chi connectivity index (χ0n) is 12.2. The summed E-state index contributed by atoms with van der Waals surface area (Å²) in [6.45, 7) is 2.38. The van der Waals surface area contributed by atoms with E-state index >= 15 is 0 Å². The topological polar surface area (TPSA) is 26.3 Å². The van der Waals surface area contributed by atoms with Crippen molar-refractivity contribution in [2.45, 2.75) is 50.3 Å². The molecule has 1 unspecified atom stereocenters. The summed E-state index contributed by atoms with van der Waals surface area (Å²) in [5, 5.41) is 0. The van der Waals surface area contributed by atoms with Gasteiger partial charge in [0.05, 0.1) is 0 Å². The molecule has 0 bridgehead atoms. The van der Waals surface area contributed by atoms with E-state index < -0.39 is 0 Å². The Morgan fingerprint density at radius 3 is 2.60 bits per heavy atom. The fourth-order valence-electron chi connectivity index (χ4n) is 2.82. The summed E-state index contributed by atoms with van der Waals surface area (Å²) in [5.41, 5.74) is 0. The van der Waals surface area contributed by atoms with E-state index in [-0.39, 0.29) is 25.7 Å². The van der Waals surface area contributed by atoms with Crippen molar-refractivity contribution in [3.63, 3.8) is 0 Å². The Hall–Kier alpha value is -0.791. The molecule has 0 N–H and O–H groups in total. The Labute approximate surface area is 128 Å². The maximum atomic E-state index is 12.2. The summed E-state index contributed by atoms with van der Waals surface area (Å²) in [4.78, 5) is 12.3. The van der Waals surface area contributed by atoms with Crippen LogP contribution >= 0.6 is 0 Å². The van der Waals surface area contributed by atoms with Crippen LogP contribution in [0.15, 0.2) is 30.3 Å². The SMILES string of the molecule is CCOC(=O)C(CC1CCCCC1)[Se]c1ccccc1. The van der Waals surface area contributed by atoms with Gasteiger partial charge in [0, 0.05) is 0 Å². The molecule has 1 saturated carbocycles. The molecule has 1 aliphatic rings. The van der Waals surface area contributed by atoms with Gasteiger partial charge in [-0.05, 0) is 0 Å². The minimum absolute atomic E-state index is 0.0157. The molecule has 2 nitrogen and oxygen atoms in total. The van der Waals surface area contributed by atoms with E-state index in [9.17, 15) is 4.79 Å². The molecular weight excluding hydrogens is 315 g/mol. The van der Waals surface area contributed by atoms with Gasteiger partial charge in [0.2, 0.25) is 0 Å². The van der Waals surface area contributed by atoms with Crippen LogP contribution in [0, 0.1) is 5.92 Å². The van der Waals surface area contributed by atoms with Gasteiger partial charge in [-0.3, -0.25) is 0 Å². The van der Waals surface area contributed by atoms with Crippen molar-refractivity contribution in [3.8, 4) is 0 Å². The number of esters is 1. The second-order valence-electron chi connectivity index (χ2n) is 5.41. The van der Waals surface area contributed by atoms with E-state index in [4.69, 9.17) is 4.74 Å². The molecule has 1 atom stereocenters. The number of carbonyl (C=O) groups is 1. The Bertz CT molecular complexity index is 399. The zero-order chi connectivity index (χ0) is 14.2. The molecule has 1 aliphatic carbocycles. The van der Waals surface area contributed by atoms with Gasteiger partial charge in [0.1, 0.15) is 0 Å². The standard InChI is InChI=1S/C17H24O2Se/c1-2-19-17(18)16(13-14-9-5-3-6-10-14)20-15-11-7-4-8-12-15/h4,7-8,11-12,14,16H,2-3,5-6,9-10,13H2,1H3. The van der Waals surface area contributed by atoms with Gasteiger partial charge >= 0.3 is 128 Å². The van der Waals surface area contributed by atoms with Crippen LogP contribution in [0.2, 0.25) is 4.82 Å². The second-order valence-corrected chi connectivity index (χ2v) is 8.09. The molecule has 1 aromatic rings. The van der Waals surface area contributed by atoms with E-state index in [1.165, 1.54) is 36.6 Å². The molecule has 1 aromatic carbocycles. The fourth-order valence-corrected chi connectivity index (χ4v) is 5.28. The third-order valence-corrected chi connectivity index (χ3v) is 6.39. The Morgan fingerprint density at radius 2 is 1.95 bits per heavy atom. The van der Waals surface area contributed by atoms with Crippen LogP contribution in [-0.4, -0.2) is 27.5 Å². The van der Waals surface area contributed by atoms with Gasteiger partial charge in [0.15, 0.2) is 0 Å². The van der Waals surface area contributed by atoms with E-state index in [1.807, 2.05) is 13.0 Å². The Morgan fingerprint density at radius 1 is 1.25 bits per heavy atom. The molecule has 0 amide bonds.